The second-order valence-electron chi connectivity index (χ2n) is 2.24. The Morgan fingerprint density at radius 3 is 1.79 bits per heavy atom. The second-order valence-corrected chi connectivity index (χ2v) is 3.49. The molecule has 1 aromatic carbocycles. The van der Waals surface area contributed by atoms with Crippen molar-refractivity contribution in [1.29, 1.82) is 0 Å². The molecule has 0 aliphatic carbocycles. The molecule has 0 unspecified atom stereocenters. The summed E-state index contributed by atoms with van der Waals surface area (Å²) in [4.78, 5) is 9.00. The van der Waals surface area contributed by atoms with Crippen molar-refractivity contribution in [2.24, 2.45) is 0 Å². The van der Waals surface area contributed by atoms with Gasteiger partial charge in [0, 0.05) is 11.9 Å². The maximum atomic E-state index is 9.01. The maximum absolute atomic E-state index is 9.01. The zero-order chi connectivity index (χ0) is 11.3. The standard InChI is InChI=1S/C6H3Cl3O.C2H4O2/c7-3-1-4(8)6(10)5(9)2-3;1-2(3)4/h1-2,10H;1H3,(H,3,4). The van der Waals surface area contributed by atoms with Crippen molar-refractivity contribution in [3.05, 3.63) is 27.2 Å². The number of carboxylic acid groups (broad SMARTS) is 1. The van der Waals surface area contributed by atoms with Crippen LogP contribution in [0.5, 0.6) is 5.75 Å². The average Bonchev–Trinajstić information content (AvgIpc) is 1.98. The first-order valence-electron chi connectivity index (χ1n) is 3.37. The first kappa shape index (κ1) is 13.4. The molecule has 0 aliphatic rings. The summed E-state index contributed by atoms with van der Waals surface area (Å²) in [5.74, 6) is -0.965. The van der Waals surface area contributed by atoms with Gasteiger partial charge in [0.15, 0.2) is 5.75 Å². The number of phenolic OH excluding ortho intramolecular Hbond substituents is 1. The van der Waals surface area contributed by atoms with Crippen LogP contribution in [0.1, 0.15) is 6.92 Å². The average molecular weight is 258 g/mol. The minimum Gasteiger partial charge on any atom is -0.505 e. The first-order chi connectivity index (χ1) is 6.34. The van der Waals surface area contributed by atoms with Gasteiger partial charge in [0.05, 0.1) is 10.0 Å². The van der Waals surface area contributed by atoms with Crippen LogP contribution in [0, 0.1) is 0 Å². The molecule has 14 heavy (non-hydrogen) atoms. The van der Waals surface area contributed by atoms with Gasteiger partial charge in [-0.15, -0.1) is 0 Å². The minimum atomic E-state index is -0.833. The Morgan fingerprint density at radius 1 is 1.21 bits per heavy atom. The monoisotopic (exact) mass is 256 g/mol. The number of phenols is 1. The highest BCUT2D eigenvalue weighted by Crippen LogP contribution is 2.34. The molecule has 0 atom stereocenters. The van der Waals surface area contributed by atoms with Gasteiger partial charge in [0.25, 0.3) is 5.97 Å². The van der Waals surface area contributed by atoms with Gasteiger partial charge in [-0.2, -0.15) is 0 Å². The number of hydrogen-bond donors (Lipinski definition) is 2. The Kier molecular flexibility index (Phi) is 5.69. The lowest BCUT2D eigenvalue weighted by Crippen LogP contribution is -1.78. The van der Waals surface area contributed by atoms with E-state index < -0.39 is 5.97 Å². The molecule has 1 rings (SSSR count). The second kappa shape index (κ2) is 5.96. The maximum Gasteiger partial charge on any atom is 0.300 e. The van der Waals surface area contributed by atoms with Crippen molar-refractivity contribution in [3.8, 4) is 5.75 Å². The molecule has 0 saturated heterocycles. The van der Waals surface area contributed by atoms with E-state index in [1.54, 1.807) is 0 Å². The predicted molar refractivity (Wildman–Crippen MR) is 56.4 cm³/mol. The molecule has 78 valence electrons. The van der Waals surface area contributed by atoms with E-state index in [9.17, 15) is 0 Å². The van der Waals surface area contributed by atoms with Gasteiger partial charge in [-0.05, 0) is 12.1 Å². The summed E-state index contributed by atoms with van der Waals surface area (Å²) in [5.41, 5.74) is 0. The number of aromatic hydroxyl groups is 1. The van der Waals surface area contributed by atoms with Crippen molar-refractivity contribution in [3.63, 3.8) is 0 Å². The quantitative estimate of drug-likeness (QED) is 0.748. The van der Waals surface area contributed by atoms with E-state index in [4.69, 9.17) is 49.8 Å². The zero-order valence-electron chi connectivity index (χ0n) is 7.09. The molecular weight excluding hydrogens is 250 g/mol. The fourth-order valence-electron chi connectivity index (χ4n) is 0.535. The topological polar surface area (TPSA) is 57.5 Å². The summed E-state index contributed by atoms with van der Waals surface area (Å²) in [6, 6.07) is 2.84. The molecule has 0 aromatic heterocycles. The van der Waals surface area contributed by atoms with Crippen molar-refractivity contribution < 1.29 is 15.0 Å². The van der Waals surface area contributed by atoms with E-state index in [2.05, 4.69) is 0 Å². The van der Waals surface area contributed by atoms with Crippen LogP contribution < -0.4 is 0 Å². The Morgan fingerprint density at radius 2 is 1.50 bits per heavy atom. The molecule has 0 radical (unpaired) electrons. The number of benzene rings is 1. The third-order valence-electron chi connectivity index (χ3n) is 0.982. The molecule has 0 saturated carbocycles. The third kappa shape index (κ3) is 5.17. The highest BCUT2D eigenvalue weighted by molar-refractivity contribution is 6.40. The van der Waals surface area contributed by atoms with Crippen LogP contribution in [-0.4, -0.2) is 16.2 Å². The number of aliphatic carboxylic acids is 1. The van der Waals surface area contributed by atoms with Crippen LogP contribution in [0.25, 0.3) is 0 Å². The number of rotatable bonds is 0. The normalized spacial score (nSPS) is 8.86. The van der Waals surface area contributed by atoms with Gasteiger partial charge in [0.2, 0.25) is 0 Å². The number of halogens is 3. The highest BCUT2D eigenvalue weighted by Gasteiger charge is 2.03. The van der Waals surface area contributed by atoms with Gasteiger partial charge in [-0.1, -0.05) is 34.8 Å². The predicted octanol–water partition coefficient (Wildman–Crippen LogP) is 3.44. The largest absolute Gasteiger partial charge is 0.505 e. The van der Waals surface area contributed by atoms with Gasteiger partial charge in [-0.3, -0.25) is 4.79 Å². The van der Waals surface area contributed by atoms with Crippen LogP contribution in [-0.2, 0) is 4.79 Å². The van der Waals surface area contributed by atoms with Crippen LogP contribution in [0.15, 0.2) is 12.1 Å². The fraction of sp³-hybridized carbons (Fsp3) is 0.125. The molecule has 1 aromatic rings. The third-order valence-corrected chi connectivity index (χ3v) is 1.78. The molecule has 0 fully saturated rings. The summed E-state index contributed by atoms with van der Waals surface area (Å²) in [5, 5.41) is 17.2. The summed E-state index contributed by atoms with van der Waals surface area (Å²) >= 11 is 16.5. The van der Waals surface area contributed by atoms with Gasteiger partial charge < -0.3 is 10.2 Å². The lowest BCUT2D eigenvalue weighted by molar-refractivity contribution is -0.134. The molecule has 2 N–H and O–H groups in total. The molecule has 0 spiro atoms. The Bertz CT molecular complexity index is 312. The Balaban J connectivity index is 0.000000364. The van der Waals surface area contributed by atoms with Gasteiger partial charge in [0.1, 0.15) is 0 Å². The van der Waals surface area contributed by atoms with Gasteiger partial charge >= 0.3 is 0 Å². The van der Waals surface area contributed by atoms with Crippen molar-refractivity contribution in [1.82, 2.24) is 0 Å². The molecule has 0 bridgehead atoms. The summed E-state index contributed by atoms with van der Waals surface area (Å²) in [7, 11) is 0. The Labute approximate surface area is 95.8 Å². The number of hydrogen-bond acceptors (Lipinski definition) is 2. The smallest absolute Gasteiger partial charge is 0.300 e. The minimum absolute atomic E-state index is 0.132. The lowest BCUT2D eigenvalue weighted by atomic mass is 10.3. The van der Waals surface area contributed by atoms with Crippen LogP contribution >= 0.6 is 34.8 Å². The molecule has 0 heterocycles. The van der Waals surface area contributed by atoms with E-state index in [1.165, 1.54) is 12.1 Å². The van der Waals surface area contributed by atoms with Crippen molar-refractivity contribution in [2.45, 2.75) is 6.92 Å². The molecule has 0 amide bonds. The SMILES string of the molecule is CC(=O)O.Oc1c(Cl)cc(Cl)cc1Cl. The van der Waals surface area contributed by atoms with E-state index in [0.29, 0.717) is 5.02 Å². The van der Waals surface area contributed by atoms with Crippen LogP contribution in [0.2, 0.25) is 15.1 Å². The Hall–Kier alpha value is -0.640. The van der Waals surface area contributed by atoms with E-state index in [0.717, 1.165) is 6.92 Å². The van der Waals surface area contributed by atoms with Gasteiger partial charge in [-0.25, -0.2) is 0 Å². The van der Waals surface area contributed by atoms with Crippen molar-refractivity contribution >= 4 is 40.8 Å². The summed E-state index contributed by atoms with van der Waals surface area (Å²) in [6.07, 6.45) is 0. The van der Waals surface area contributed by atoms with E-state index >= 15 is 0 Å². The van der Waals surface area contributed by atoms with E-state index in [1.807, 2.05) is 0 Å². The molecule has 3 nitrogen and oxygen atoms in total. The number of carboxylic acids is 1. The van der Waals surface area contributed by atoms with Crippen LogP contribution in [0.4, 0.5) is 0 Å². The first-order valence-corrected chi connectivity index (χ1v) is 4.51. The fourth-order valence-corrected chi connectivity index (χ4v) is 1.35. The number of carbonyl (C=O) groups is 1. The summed E-state index contributed by atoms with van der Waals surface area (Å²) in [6.45, 7) is 1.08. The van der Waals surface area contributed by atoms with E-state index in [-0.39, 0.29) is 15.8 Å². The van der Waals surface area contributed by atoms with Crippen LogP contribution in [0.3, 0.4) is 0 Å². The molecular formula is C8H7Cl3O3. The lowest BCUT2D eigenvalue weighted by Gasteiger charge is -1.98. The molecule has 6 heteroatoms. The zero-order valence-corrected chi connectivity index (χ0v) is 9.36. The van der Waals surface area contributed by atoms with Crippen molar-refractivity contribution in [2.75, 3.05) is 0 Å². The molecule has 0 aliphatic heterocycles. The highest BCUT2D eigenvalue weighted by atomic mass is 35.5. The summed E-state index contributed by atoms with van der Waals surface area (Å²) < 4.78 is 0.